The molecule has 2 fully saturated rings. The molecule has 1 aromatic carbocycles. The fourth-order valence-corrected chi connectivity index (χ4v) is 3.28. The van der Waals surface area contributed by atoms with Gasteiger partial charge in [0.2, 0.25) is 11.8 Å². The van der Waals surface area contributed by atoms with Crippen LogP contribution in [0.15, 0.2) is 24.3 Å². The van der Waals surface area contributed by atoms with Crippen LogP contribution in [0.3, 0.4) is 0 Å². The Balaban J connectivity index is 1.47. The number of nitrogens with zero attached hydrogens (tertiary/aromatic N) is 1. The molecule has 0 radical (unpaired) electrons. The number of likely N-dealkylation sites (tertiary alicyclic amines) is 1. The number of ether oxygens (including phenoxy) is 1. The maximum absolute atomic E-state index is 11.6. The Morgan fingerprint density at radius 1 is 1.18 bits per heavy atom. The lowest BCUT2D eigenvalue weighted by Gasteiger charge is -2.30. The van der Waals surface area contributed by atoms with Gasteiger partial charge in [-0.1, -0.05) is 23.7 Å². The predicted molar refractivity (Wildman–Crippen MR) is 86.6 cm³/mol. The van der Waals surface area contributed by atoms with E-state index in [-0.39, 0.29) is 17.9 Å². The molecule has 0 saturated carbocycles. The van der Waals surface area contributed by atoms with Crippen molar-refractivity contribution < 1.29 is 14.3 Å². The van der Waals surface area contributed by atoms with Crippen LogP contribution in [0.5, 0.6) is 0 Å². The molecule has 4 nitrogen and oxygen atoms in total. The topological polar surface area (TPSA) is 46.6 Å². The van der Waals surface area contributed by atoms with Gasteiger partial charge in [0.05, 0.1) is 12.6 Å². The normalized spacial score (nSPS) is 25.4. The van der Waals surface area contributed by atoms with Crippen LogP contribution in [0, 0.1) is 0 Å². The summed E-state index contributed by atoms with van der Waals surface area (Å²) in [5.41, 5.74) is 1.27. The summed E-state index contributed by atoms with van der Waals surface area (Å²) < 4.78 is 5.87. The van der Waals surface area contributed by atoms with E-state index in [0.29, 0.717) is 31.8 Å². The maximum atomic E-state index is 11.6. The van der Waals surface area contributed by atoms with Crippen LogP contribution in [0.25, 0.3) is 0 Å². The van der Waals surface area contributed by atoms with Gasteiger partial charge in [0.25, 0.3) is 0 Å². The van der Waals surface area contributed by atoms with Crippen LogP contribution < -0.4 is 0 Å². The number of hydrogen-bond acceptors (Lipinski definition) is 3. The third-order valence-corrected chi connectivity index (χ3v) is 4.70. The van der Waals surface area contributed by atoms with Crippen molar-refractivity contribution in [1.82, 2.24) is 4.90 Å². The van der Waals surface area contributed by atoms with E-state index in [1.54, 1.807) is 0 Å². The first-order valence-electron chi connectivity index (χ1n) is 7.81. The van der Waals surface area contributed by atoms with Crippen molar-refractivity contribution in [2.45, 2.75) is 37.5 Å². The summed E-state index contributed by atoms with van der Waals surface area (Å²) in [4.78, 5) is 24.6. The molecule has 0 unspecified atom stereocenters. The van der Waals surface area contributed by atoms with Crippen LogP contribution in [0.4, 0.5) is 0 Å². The summed E-state index contributed by atoms with van der Waals surface area (Å²) >= 11 is 5.89. The van der Waals surface area contributed by atoms with Gasteiger partial charge in [-0.3, -0.25) is 14.5 Å². The first kappa shape index (κ1) is 15.6. The molecule has 1 aromatic rings. The molecule has 0 bridgehead atoms. The first-order valence-corrected chi connectivity index (χ1v) is 8.19. The van der Waals surface area contributed by atoms with E-state index in [9.17, 15) is 9.59 Å². The molecule has 2 aliphatic heterocycles. The van der Waals surface area contributed by atoms with Gasteiger partial charge in [0.15, 0.2) is 0 Å². The van der Waals surface area contributed by atoms with E-state index < -0.39 is 0 Å². The number of carbonyl (C=O) groups is 2. The van der Waals surface area contributed by atoms with Gasteiger partial charge in [0.1, 0.15) is 7.28 Å². The highest BCUT2D eigenvalue weighted by molar-refractivity contribution is 6.38. The Labute approximate surface area is 136 Å². The van der Waals surface area contributed by atoms with Gasteiger partial charge in [-0.25, -0.2) is 0 Å². The number of benzene rings is 1. The Hall–Kier alpha value is -1.33. The second kappa shape index (κ2) is 6.84. The third-order valence-electron chi connectivity index (χ3n) is 4.44. The molecule has 2 saturated heterocycles. The highest BCUT2D eigenvalue weighted by Gasteiger charge is 2.33. The highest BCUT2D eigenvalue weighted by Crippen LogP contribution is 2.24. The molecule has 3 rings (SSSR count). The van der Waals surface area contributed by atoms with Crippen LogP contribution in [-0.2, 0) is 20.7 Å². The molecular formula is C16H19BClNO3. The number of amides is 2. The Morgan fingerprint density at radius 3 is 2.45 bits per heavy atom. The molecule has 0 aliphatic carbocycles. The Morgan fingerprint density at radius 2 is 1.86 bits per heavy atom. The molecule has 2 atom stereocenters. The van der Waals surface area contributed by atoms with Crippen molar-refractivity contribution in [2.75, 3.05) is 13.2 Å². The van der Waals surface area contributed by atoms with Crippen LogP contribution in [0.1, 0.15) is 18.4 Å². The molecule has 6 heteroatoms. The molecule has 0 aromatic heterocycles. The van der Waals surface area contributed by atoms with Crippen molar-refractivity contribution in [2.24, 2.45) is 0 Å². The van der Waals surface area contributed by atoms with E-state index in [4.69, 9.17) is 16.3 Å². The molecule has 0 spiro atoms. The van der Waals surface area contributed by atoms with Crippen molar-refractivity contribution in [1.29, 1.82) is 0 Å². The molecule has 2 heterocycles. The molecule has 0 N–H and O–H groups in total. The van der Waals surface area contributed by atoms with Gasteiger partial charge < -0.3 is 4.74 Å². The van der Waals surface area contributed by atoms with E-state index in [1.165, 1.54) is 10.5 Å². The molecular weight excluding hydrogens is 300 g/mol. The molecule has 2 amide bonds. The molecule has 22 heavy (non-hydrogen) atoms. The number of imide groups is 1. The summed E-state index contributed by atoms with van der Waals surface area (Å²) in [6, 6.07) is 7.92. The van der Waals surface area contributed by atoms with E-state index in [2.05, 4.69) is 12.1 Å². The zero-order valence-corrected chi connectivity index (χ0v) is 13.2. The Bertz CT molecular complexity index is 539. The zero-order valence-electron chi connectivity index (χ0n) is 12.5. The standard InChI is InChI=1S/C16H19BClNO3/c18-13-3-1-11(2-4-13)7-12-10-22-14(8-17-12)9-19-15(20)5-6-16(19)21/h1-4,12,14,17H,5-10H2/t12-,14+/m0/s1. The summed E-state index contributed by atoms with van der Waals surface area (Å²) in [5.74, 6) is 0.371. The number of halogens is 1. The fourth-order valence-electron chi connectivity index (χ4n) is 3.15. The van der Waals surface area contributed by atoms with Gasteiger partial charge in [-0.15, -0.1) is 0 Å². The summed E-state index contributed by atoms with van der Waals surface area (Å²) in [6.45, 7) is 1.11. The minimum Gasteiger partial charge on any atom is -0.378 e. The average Bonchev–Trinajstić information content (AvgIpc) is 2.83. The second-order valence-electron chi connectivity index (χ2n) is 6.13. The van der Waals surface area contributed by atoms with E-state index in [0.717, 1.165) is 25.0 Å². The van der Waals surface area contributed by atoms with Gasteiger partial charge in [-0.2, -0.15) is 0 Å². The van der Waals surface area contributed by atoms with Gasteiger partial charge in [-0.05, 0) is 36.3 Å². The van der Waals surface area contributed by atoms with Gasteiger partial charge >= 0.3 is 0 Å². The molecule has 116 valence electrons. The third kappa shape index (κ3) is 3.71. The number of rotatable bonds is 4. The summed E-state index contributed by atoms with van der Waals surface area (Å²) in [6.07, 6.45) is 2.57. The quantitative estimate of drug-likeness (QED) is 0.630. The first-order chi connectivity index (χ1) is 10.6. The minimum atomic E-state index is -0.0584. The van der Waals surface area contributed by atoms with E-state index >= 15 is 0 Å². The summed E-state index contributed by atoms with van der Waals surface area (Å²) in [5, 5.41) is 0.753. The smallest absolute Gasteiger partial charge is 0.229 e. The van der Waals surface area contributed by atoms with Gasteiger partial charge in [0, 0.05) is 24.5 Å². The lowest BCUT2D eigenvalue weighted by Crippen LogP contribution is -2.41. The van der Waals surface area contributed by atoms with Crippen LogP contribution in [0.2, 0.25) is 17.2 Å². The Kier molecular flexibility index (Phi) is 4.84. The largest absolute Gasteiger partial charge is 0.378 e. The van der Waals surface area contributed by atoms with E-state index in [1.807, 2.05) is 12.1 Å². The second-order valence-corrected chi connectivity index (χ2v) is 6.56. The number of carbonyl (C=O) groups excluding carboxylic acids is 2. The lowest BCUT2D eigenvalue weighted by atomic mass is 9.57. The van der Waals surface area contributed by atoms with Crippen LogP contribution >= 0.6 is 11.6 Å². The van der Waals surface area contributed by atoms with Crippen molar-refractivity contribution in [3.05, 3.63) is 34.9 Å². The lowest BCUT2D eigenvalue weighted by molar-refractivity contribution is -0.140. The van der Waals surface area contributed by atoms with Crippen molar-refractivity contribution in [3.63, 3.8) is 0 Å². The van der Waals surface area contributed by atoms with Crippen LogP contribution in [-0.4, -0.2) is 43.2 Å². The highest BCUT2D eigenvalue weighted by atomic mass is 35.5. The SMILES string of the molecule is O=C1CCC(=O)N1C[C@H]1CB[C@@H](Cc2ccc(Cl)cc2)CO1. The maximum Gasteiger partial charge on any atom is 0.229 e. The predicted octanol–water partition coefficient (Wildman–Crippen LogP) is 2.07. The fraction of sp³-hybridized carbons (Fsp3) is 0.500. The monoisotopic (exact) mass is 319 g/mol. The average molecular weight is 320 g/mol. The van der Waals surface area contributed by atoms with Crippen molar-refractivity contribution >= 4 is 30.7 Å². The number of hydrogen-bond donors (Lipinski definition) is 0. The molecule has 2 aliphatic rings. The zero-order chi connectivity index (χ0) is 15.5. The summed E-state index contributed by atoms with van der Waals surface area (Å²) in [7, 11) is 1.06. The van der Waals surface area contributed by atoms with Crippen molar-refractivity contribution in [3.8, 4) is 0 Å². The minimum absolute atomic E-state index is 0.00697.